The largest absolute Gasteiger partial charge is 0.495 e. The molecule has 0 radical (unpaired) electrons. The normalized spacial score (nSPS) is 17.9. The Morgan fingerprint density at radius 2 is 1.97 bits per heavy atom. The molecule has 3 amide bonds. The molecule has 3 heterocycles. The van der Waals surface area contributed by atoms with Crippen molar-refractivity contribution in [2.45, 2.75) is 24.9 Å². The summed E-state index contributed by atoms with van der Waals surface area (Å²) < 4.78 is 6.94. The lowest BCUT2D eigenvalue weighted by molar-refractivity contribution is -0.122. The summed E-state index contributed by atoms with van der Waals surface area (Å²) in [4.78, 5) is 32.0. The number of hydrogen-bond acceptors (Lipinski definition) is 6. The number of urea groups is 1. The molecule has 1 aromatic carbocycles. The Kier molecular flexibility index (Phi) is 8.40. The number of nitrogens with zero attached hydrogens (tertiary/aromatic N) is 4. The molecule has 190 valence electrons. The lowest BCUT2D eigenvalue weighted by atomic mass is 9.88. The number of anilines is 1. The van der Waals surface area contributed by atoms with E-state index in [4.69, 9.17) is 16.3 Å². The van der Waals surface area contributed by atoms with Crippen LogP contribution in [-0.2, 0) is 18.4 Å². The van der Waals surface area contributed by atoms with Crippen molar-refractivity contribution in [3.8, 4) is 5.75 Å². The number of amides is 3. The summed E-state index contributed by atoms with van der Waals surface area (Å²) in [6.07, 6.45) is 4.17. The molecule has 0 bridgehead atoms. The minimum absolute atomic E-state index is 0.0750. The van der Waals surface area contributed by atoms with Gasteiger partial charge in [0.05, 0.1) is 32.1 Å². The smallest absolute Gasteiger partial charge is 0.319 e. The Balaban J connectivity index is 1.39. The predicted octanol–water partition coefficient (Wildman–Crippen LogP) is 2.77. The van der Waals surface area contributed by atoms with E-state index in [1.165, 1.54) is 0 Å². The summed E-state index contributed by atoms with van der Waals surface area (Å²) in [6.45, 7) is 1.87. The highest BCUT2D eigenvalue weighted by molar-refractivity contribution is 6.30. The van der Waals surface area contributed by atoms with Gasteiger partial charge in [0, 0.05) is 54.7 Å². The first-order valence-corrected chi connectivity index (χ1v) is 12.1. The molecule has 1 saturated heterocycles. The highest BCUT2D eigenvalue weighted by Crippen LogP contribution is 2.27. The second kappa shape index (κ2) is 11.9. The highest BCUT2D eigenvalue weighted by atomic mass is 35.5. The van der Waals surface area contributed by atoms with Gasteiger partial charge in [0.2, 0.25) is 5.91 Å². The maximum atomic E-state index is 12.7. The molecule has 11 heteroatoms. The van der Waals surface area contributed by atoms with E-state index in [9.17, 15) is 9.59 Å². The number of methoxy groups -OCH3 is 1. The van der Waals surface area contributed by atoms with Crippen molar-refractivity contribution in [3.63, 3.8) is 0 Å². The van der Waals surface area contributed by atoms with E-state index in [1.54, 1.807) is 42.3 Å². The molecule has 4 rings (SSSR count). The zero-order valence-electron chi connectivity index (χ0n) is 20.3. The standard InChI is InChI=1S/C25H30ClN7O3/c1-32-11-9-19(31-32)13-28-24(34)16-33-12-10-23(21(15-33)22-8-7-20(36-2)14-27-22)30-25(35)29-18-5-3-17(26)4-6-18/h3-9,11,14,21,23H,10,12-13,15-16H2,1-2H3,(H,28,34)(H2,29,30,35)/t21-,23+/m0/s1. The van der Waals surface area contributed by atoms with Crippen molar-refractivity contribution in [2.24, 2.45) is 7.05 Å². The number of likely N-dealkylation sites (tertiary alicyclic amines) is 1. The van der Waals surface area contributed by atoms with Crippen molar-refractivity contribution in [3.05, 3.63) is 71.3 Å². The SMILES string of the molecule is COc1ccc([C@@H]2CN(CC(=O)NCc3ccn(C)n3)CC[C@H]2NC(=O)Nc2ccc(Cl)cc2)nc1. The van der Waals surface area contributed by atoms with Gasteiger partial charge in [-0.15, -0.1) is 0 Å². The average Bonchev–Trinajstić information content (AvgIpc) is 3.30. The van der Waals surface area contributed by atoms with Gasteiger partial charge in [0.1, 0.15) is 5.75 Å². The summed E-state index contributed by atoms with van der Waals surface area (Å²) in [6, 6.07) is 12.1. The molecule has 0 saturated carbocycles. The van der Waals surface area contributed by atoms with Gasteiger partial charge in [-0.3, -0.25) is 19.4 Å². The number of carbonyl (C=O) groups excluding carboxylic acids is 2. The summed E-state index contributed by atoms with van der Waals surface area (Å²) in [5, 5.41) is 13.7. The molecule has 1 aliphatic heterocycles. The number of piperidine rings is 1. The maximum Gasteiger partial charge on any atom is 0.319 e. The molecule has 3 aromatic rings. The number of halogens is 1. The van der Waals surface area contributed by atoms with E-state index in [2.05, 4.69) is 30.9 Å². The zero-order chi connectivity index (χ0) is 25.5. The van der Waals surface area contributed by atoms with Gasteiger partial charge >= 0.3 is 6.03 Å². The number of benzene rings is 1. The summed E-state index contributed by atoms with van der Waals surface area (Å²) >= 11 is 5.93. The van der Waals surface area contributed by atoms with Crippen LogP contribution in [0.3, 0.4) is 0 Å². The fourth-order valence-electron chi connectivity index (χ4n) is 4.24. The van der Waals surface area contributed by atoms with Gasteiger partial charge in [-0.1, -0.05) is 11.6 Å². The molecule has 1 aliphatic rings. The lowest BCUT2D eigenvalue weighted by Gasteiger charge is -2.38. The van der Waals surface area contributed by atoms with Crippen molar-refractivity contribution in [1.82, 2.24) is 30.3 Å². The second-order valence-electron chi connectivity index (χ2n) is 8.72. The first kappa shape index (κ1) is 25.5. The third-order valence-corrected chi connectivity index (χ3v) is 6.35. The topological polar surface area (TPSA) is 113 Å². The molecule has 10 nitrogen and oxygen atoms in total. The number of hydrogen-bond donors (Lipinski definition) is 3. The molecule has 2 atom stereocenters. The molecular weight excluding hydrogens is 482 g/mol. The minimum atomic E-state index is -0.303. The Bertz CT molecular complexity index is 1170. The second-order valence-corrected chi connectivity index (χ2v) is 9.16. The molecule has 0 unspecified atom stereocenters. The third-order valence-electron chi connectivity index (χ3n) is 6.09. The molecule has 2 aromatic heterocycles. The Labute approximate surface area is 215 Å². The van der Waals surface area contributed by atoms with Gasteiger partial charge in [-0.25, -0.2) is 4.79 Å². The quantitative estimate of drug-likeness (QED) is 0.428. The van der Waals surface area contributed by atoms with Crippen LogP contribution >= 0.6 is 11.6 Å². The van der Waals surface area contributed by atoms with Crippen LogP contribution in [0, 0.1) is 0 Å². The van der Waals surface area contributed by atoms with Gasteiger partial charge in [-0.05, 0) is 48.9 Å². The van der Waals surface area contributed by atoms with E-state index >= 15 is 0 Å². The molecule has 3 N–H and O–H groups in total. The number of pyridine rings is 1. The first-order valence-electron chi connectivity index (χ1n) is 11.7. The van der Waals surface area contributed by atoms with Crippen LogP contribution in [0.2, 0.25) is 5.02 Å². The first-order chi connectivity index (χ1) is 17.4. The Morgan fingerprint density at radius 1 is 1.17 bits per heavy atom. The van der Waals surface area contributed by atoms with Gasteiger partial charge in [0.15, 0.2) is 0 Å². The minimum Gasteiger partial charge on any atom is -0.495 e. The molecular formula is C25H30ClN7O3. The lowest BCUT2D eigenvalue weighted by Crippen LogP contribution is -2.52. The Hall–Kier alpha value is -3.63. The van der Waals surface area contributed by atoms with E-state index in [0.29, 0.717) is 42.5 Å². The maximum absolute atomic E-state index is 12.7. The van der Waals surface area contributed by atoms with Crippen LogP contribution in [0.1, 0.15) is 23.7 Å². The fraction of sp³-hybridized carbons (Fsp3) is 0.360. The number of rotatable bonds is 8. The van der Waals surface area contributed by atoms with Crippen LogP contribution in [0.5, 0.6) is 5.75 Å². The van der Waals surface area contributed by atoms with Gasteiger partial charge < -0.3 is 20.7 Å². The molecule has 1 fully saturated rings. The van der Waals surface area contributed by atoms with Crippen LogP contribution in [0.15, 0.2) is 54.9 Å². The highest BCUT2D eigenvalue weighted by Gasteiger charge is 2.33. The van der Waals surface area contributed by atoms with Gasteiger partial charge in [-0.2, -0.15) is 5.10 Å². The summed E-state index contributed by atoms with van der Waals surface area (Å²) in [5.41, 5.74) is 2.28. The number of nitrogens with one attached hydrogen (secondary N) is 3. The van der Waals surface area contributed by atoms with Crippen molar-refractivity contribution in [2.75, 3.05) is 32.1 Å². The number of aromatic nitrogens is 3. The van der Waals surface area contributed by atoms with E-state index in [0.717, 1.165) is 11.4 Å². The van der Waals surface area contributed by atoms with Gasteiger partial charge in [0.25, 0.3) is 0 Å². The van der Waals surface area contributed by atoms with Crippen LogP contribution in [0.25, 0.3) is 0 Å². The van der Waals surface area contributed by atoms with Crippen molar-refractivity contribution in [1.29, 1.82) is 0 Å². The van der Waals surface area contributed by atoms with Crippen LogP contribution < -0.4 is 20.7 Å². The molecule has 0 spiro atoms. The Morgan fingerprint density at radius 3 is 2.64 bits per heavy atom. The number of carbonyl (C=O) groups is 2. The zero-order valence-corrected chi connectivity index (χ0v) is 21.0. The van der Waals surface area contributed by atoms with Crippen molar-refractivity contribution < 1.29 is 14.3 Å². The summed E-state index contributed by atoms with van der Waals surface area (Å²) in [7, 11) is 3.43. The predicted molar refractivity (Wildman–Crippen MR) is 137 cm³/mol. The van der Waals surface area contributed by atoms with E-state index < -0.39 is 0 Å². The van der Waals surface area contributed by atoms with Crippen molar-refractivity contribution >= 4 is 29.2 Å². The van der Waals surface area contributed by atoms with E-state index in [1.807, 2.05) is 31.4 Å². The molecule has 0 aliphatic carbocycles. The summed E-state index contributed by atoms with van der Waals surface area (Å²) in [5.74, 6) is 0.475. The van der Waals surface area contributed by atoms with E-state index in [-0.39, 0.29) is 30.4 Å². The van der Waals surface area contributed by atoms with Crippen LogP contribution in [0.4, 0.5) is 10.5 Å². The van der Waals surface area contributed by atoms with Crippen LogP contribution in [-0.4, -0.2) is 64.4 Å². The fourth-order valence-corrected chi connectivity index (χ4v) is 4.37. The average molecular weight is 512 g/mol. The number of ether oxygens (including phenoxy) is 1. The monoisotopic (exact) mass is 511 g/mol. The molecule has 36 heavy (non-hydrogen) atoms. The number of aryl methyl sites for hydroxylation is 1. The third kappa shape index (κ3) is 6.96.